The summed E-state index contributed by atoms with van der Waals surface area (Å²) in [5.74, 6) is 0. The van der Waals surface area contributed by atoms with Gasteiger partial charge in [-0.2, -0.15) is 13.2 Å². The summed E-state index contributed by atoms with van der Waals surface area (Å²) in [5.41, 5.74) is 6.15. The summed E-state index contributed by atoms with van der Waals surface area (Å²) >= 11 is 11.9. The first kappa shape index (κ1) is 19.6. The van der Waals surface area contributed by atoms with Gasteiger partial charge in [-0.1, -0.05) is 29.3 Å². The van der Waals surface area contributed by atoms with Crippen LogP contribution >= 0.6 is 23.2 Å². The van der Waals surface area contributed by atoms with Crippen LogP contribution in [0.15, 0.2) is 36.4 Å². The fourth-order valence-electron chi connectivity index (χ4n) is 4.22. The van der Waals surface area contributed by atoms with Crippen molar-refractivity contribution in [1.82, 2.24) is 0 Å². The van der Waals surface area contributed by atoms with Crippen LogP contribution in [0.25, 0.3) is 0 Å². The SMILES string of the molecule is NC1CCc2cc(C3=[N+]([O-])CC(c4cc(Cl)cc(Cl)c4)(C(F)(F)F)C3)ccc21. The third-order valence-corrected chi connectivity index (χ3v) is 6.18. The highest BCUT2D eigenvalue weighted by molar-refractivity contribution is 6.34. The first-order valence-electron chi connectivity index (χ1n) is 8.83. The van der Waals surface area contributed by atoms with Gasteiger partial charge in [-0.15, -0.1) is 0 Å². The first-order chi connectivity index (χ1) is 13.1. The molecule has 3 nitrogen and oxygen atoms in total. The number of aryl methyl sites for hydroxylation is 1. The number of rotatable bonds is 2. The zero-order valence-corrected chi connectivity index (χ0v) is 16.2. The standard InChI is InChI=1S/C20H17Cl2F3N2O/c21-14-6-13(7-15(22)8-14)19(20(23,24)25)9-18(27(28)10-19)12-1-3-16-11(5-12)2-4-17(16)26/h1,3,5-8,17H,2,4,9-10,26H2. The Kier molecular flexibility index (Phi) is 4.64. The molecule has 1 aliphatic carbocycles. The second kappa shape index (κ2) is 6.65. The molecule has 28 heavy (non-hydrogen) atoms. The second-order valence-corrected chi connectivity index (χ2v) is 8.33. The number of nitrogens with two attached hydrogens (primary N) is 1. The quantitative estimate of drug-likeness (QED) is 0.531. The lowest BCUT2D eigenvalue weighted by Gasteiger charge is -2.29. The molecule has 0 bridgehead atoms. The number of benzene rings is 2. The fourth-order valence-corrected chi connectivity index (χ4v) is 4.75. The molecule has 0 aromatic heterocycles. The highest BCUT2D eigenvalue weighted by Crippen LogP contribution is 2.48. The van der Waals surface area contributed by atoms with Crippen LogP contribution in [0.3, 0.4) is 0 Å². The van der Waals surface area contributed by atoms with E-state index < -0.39 is 24.6 Å². The maximum absolute atomic E-state index is 14.2. The van der Waals surface area contributed by atoms with Crippen molar-refractivity contribution < 1.29 is 17.9 Å². The Balaban J connectivity index is 1.78. The molecular weight excluding hydrogens is 412 g/mol. The van der Waals surface area contributed by atoms with Crippen molar-refractivity contribution in [2.24, 2.45) is 5.73 Å². The lowest BCUT2D eigenvalue weighted by molar-refractivity contribution is -0.465. The monoisotopic (exact) mass is 428 g/mol. The summed E-state index contributed by atoms with van der Waals surface area (Å²) in [4.78, 5) is 0. The van der Waals surface area contributed by atoms with E-state index in [1.165, 1.54) is 18.2 Å². The number of hydrogen-bond acceptors (Lipinski definition) is 2. The molecule has 148 valence electrons. The fraction of sp³-hybridized carbons (Fsp3) is 0.350. The summed E-state index contributed by atoms with van der Waals surface area (Å²) in [7, 11) is 0. The summed E-state index contributed by atoms with van der Waals surface area (Å²) < 4.78 is 43.1. The van der Waals surface area contributed by atoms with Gasteiger partial charge in [-0.3, -0.25) is 0 Å². The van der Waals surface area contributed by atoms with Gasteiger partial charge in [0.25, 0.3) is 0 Å². The minimum Gasteiger partial charge on any atom is -0.624 e. The van der Waals surface area contributed by atoms with Crippen LogP contribution in [0, 0.1) is 5.21 Å². The zero-order valence-electron chi connectivity index (χ0n) is 14.7. The zero-order chi connectivity index (χ0) is 20.3. The molecule has 8 heteroatoms. The third kappa shape index (κ3) is 3.08. The smallest absolute Gasteiger partial charge is 0.405 e. The predicted octanol–water partition coefficient (Wildman–Crippen LogP) is 5.14. The minimum absolute atomic E-state index is 0.0659. The Morgan fingerprint density at radius 2 is 1.79 bits per heavy atom. The Morgan fingerprint density at radius 3 is 2.43 bits per heavy atom. The van der Waals surface area contributed by atoms with Crippen LogP contribution < -0.4 is 5.73 Å². The molecule has 4 rings (SSSR count). The molecule has 2 aromatic rings. The van der Waals surface area contributed by atoms with Gasteiger partial charge >= 0.3 is 6.18 Å². The van der Waals surface area contributed by atoms with Crippen molar-refractivity contribution in [2.75, 3.05) is 6.54 Å². The van der Waals surface area contributed by atoms with E-state index in [1.807, 2.05) is 6.07 Å². The summed E-state index contributed by atoms with van der Waals surface area (Å²) in [6.45, 7) is -0.737. The van der Waals surface area contributed by atoms with Gasteiger partial charge in [0.2, 0.25) is 0 Å². The molecule has 2 N–H and O–H groups in total. The molecule has 0 radical (unpaired) electrons. The third-order valence-electron chi connectivity index (χ3n) is 5.74. The van der Waals surface area contributed by atoms with Crippen molar-refractivity contribution in [3.8, 4) is 0 Å². The van der Waals surface area contributed by atoms with Gasteiger partial charge in [-0.25, -0.2) is 4.74 Å². The molecule has 0 spiro atoms. The number of alkyl halides is 3. The van der Waals surface area contributed by atoms with Crippen molar-refractivity contribution in [2.45, 2.75) is 36.9 Å². The lowest BCUT2D eigenvalue weighted by Crippen LogP contribution is -2.45. The van der Waals surface area contributed by atoms with Crippen LogP contribution in [0.4, 0.5) is 13.2 Å². The summed E-state index contributed by atoms with van der Waals surface area (Å²) in [6, 6.07) is 9.06. The number of hydrogen-bond donors (Lipinski definition) is 1. The lowest BCUT2D eigenvalue weighted by atomic mass is 9.76. The van der Waals surface area contributed by atoms with E-state index in [-0.39, 0.29) is 27.4 Å². The van der Waals surface area contributed by atoms with E-state index in [0.717, 1.165) is 24.0 Å². The molecule has 0 fully saturated rings. The minimum atomic E-state index is -4.65. The topological polar surface area (TPSA) is 52.1 Å². The number of hydroxylamine groups is 1. The predicted molar refractivity (Wildman–Crippen MR) is 103 cm³/mol. The molecular formula is C20H17Cl2F3N2O. The van der Waals surface area contributed by atoms with Crippen LogP contribution in [-0.4, -0.2) is 23.2 Å². The second-order valence-electron chi connectivity index (χ2n) is 7.46. The van der Waals surface area contributed by atoms with E-state index in [1.54, 1.807) is 12.1 Å². The molecule has 0 saturated heterocycles. The van der Waals surface area contributed by atoms with E-state index in [0.29, 0.717) is 10.3 Å². The van der Waals surface area contributed by atoms with Gasteiger partial charge in [0, 0.05) is 21.7 Å². The van der Waals surface area contributed by atoms with Crippen LogP contribution in [-0.2, 0) is 11.8 Å². The van der Waals surface area contributed by atoms with Crippen molar-refractivity contribution in [1.29, 1.82) is 0 Å². The average molecular weight is 429 g/mol. The summed E-state index contributed by atoms with van der Waals surface area (Å²) in [5, 5.41) is 12.8. The first-order valence-corrected chi connectivity index (χ1v) is 9.59. The highest BCUT2D eigenvalue weighted by Gasteiger charge is 2.63. The molecule has 2 unspecified atom stereocenters. The molecule has 2 aromatic carbocycles. The Labute approximate surface area is 170 Å². The van der Waals surface area contributed by atoms with Gasteiger partial charge in [-0.05, 0) is 59.9 Å². The van der Waals surface area contributed by atoms with E-state index in [4.69, 9.17) is 28.9 Å². The maximum Gasteiger partial charge on any atom is 0.405 e. The van der Waals surface area contributed by atoms with E-state index in [9.17, 15) is 18.4 Å². The average Bonchev–Trinajstić information content (AvgIpc) is 3.15. The Morgan fingerprint density at radius 1 is 1.11 bits per heavy atom. The summed E-state index contributed by atoms with van der Waals surface area (Å²) in [6.07, 6.45) is -3.57. The molecule has 2 atom stereocenters. The van der Waals surface area contributed by atoms with E-state index in [2.05, 4.69) is 0 Å². The normalized spacial score (nSPS) is 24.7. The van der Waals surface area contributed by atoms with Gasteiger partial charge in [0.05, 0.1) is 6.42 Å². The molecule has 2 aliphatic rings. The molecule has 0 amide bonds. The number of halogens is 5. The largest absolute Gasteiger partial charge is 0.624 e. The molecule has 1 aliphatic heterocycles. The maximum atomic E-state index is 14.2. The number of fused-ring (bicyclic) bond motifs is 1. The van der Waals surface area contributed by atoms with Crippen molar-refractivity contribution in [3.05, 3.63) is 73.9 Å². The van der Waals surface area contributed by atoms with Gasteiger partial charge < -0.3 is 10.9 Å². The van der Waals surface area contributed by atoms with Crippen LogP contribution in [0.5, 0.6) is 0 Å². The van der Waals surface area contributed by atoms with E-state index >= 15 is 0 Å². The van der Waals surface area contributed by atoms with Gasteiger partial charge in [0.15, 0.2) is 17.7 Å². The van der Waals surface area contributed by atoms with Crippen molar-refractivity contribution >= 4 is 28.9 Å². The number of nitrogens with zero attached hydrogens (tertiary/aromatic N) is 1. The molecule has 1 heterocycles. The van der Waals surface area contributed by atoms with Gasteiger partial charge in [0.1, 0.15) is 0 Å². The van der Waals surface area contributed by atoms with Crippen molar-refractivity contribution in [3.63, 3.8) is 0 Å². The highest BCUT2D eigenvalue weighted by atomic mass is 35.5. The van der Waals surface area contributed by atoms with Crippen LogP contribution in [0.2, 0.25) is 10.0 Å². The Hall–Kier alpha value is -1.76. The Bertz CT molecular complexity index is 970. The van der Waals surface area contributed by atoms with Crippen LogP contribution in [0.1, 0.15) is 41.1 Å². The molecule has 0 saturated carbocycles.